The standard InChI is InChI=1S/C11H14OS2/c12-11-10(13-6-7-14-11)8-9-4-2-1-3-5-9/h1-5,10-12H,6-8H2/t10-,11-/m0/s1. The van der Waals surface area contributed by atoms with Gasteiger partial charge in [0, 0.05) is 16.8 Å². The van der Waals surface area contributed by atoms with Crippen LogP contribution in [-0.2, 0) is 6.42 Å². The number of rotatable bonds is 2. The molecule has 1 saturated heterocycles. The highest BCUT2D eigenvalue weighted by atomic mass is 32.2. The van der Waals surface area contributed by atoms with Crippen molar-refractivity contribution in [2.75, 3.05) is 11.5 Å². The molecule has 3 heteroatoms. The highest BCUT2D eigenvalue weighted by Gasteiger charge is 2.23. The highest BCUT2D eigenvalue weighted by molar-refractivity contribution is 8.07. The fourth-order valence-corrected chi connectivity index (χ4v) is 4.14. The summed E-state index contributed by atoms with van der Waals surface area (Å²) in [6, 6.07) is 10.4. The van der Waals surface area contributed by atoms with Gasteiger partial charge in [-0.3, -0.25) is 0 Å². The predicted molar refractivity (Wildman–Crippen MR) is 64.9 cm³/mol. The molecule has 0 spiro atoms. The van der Waals surface area contributed by atoms with E-state index in [1.54, 1.807) is 11.8 Å². The lowest BCUT2D eigenvalue weighted by Crippen LogP contribution is -2.27. The molecule has 14 heavy (non-hydrogen) atoms. The van der Waals surface area contributed by atoms with Gasteiger partial charge in [-0.25, -0.2) is 0 Å². The average Bonchev–Trinajstić information content (AvgIpc) is 2.23. The van der Waals surface area contributed by atoms with E-state index in [1.165, 1.54) is 11.3 Å². The van der Waals surface area contributed by atoms with E-state index in [0.29, 0.717) is 5.25 Å². The predicted octanol–water partition coefficient (Wildman–Crippen LogP) is 2.40. The fourth-order valence-electron chi connectivity index (χ4n) is 1.56. The largest absolute Gasteiger partial charge is 0.381 e. The van der Waals surface area contributed by atoms with Gasteiger partial charge in [-0.2, -0.15) is 11.8 Å². The lowest BCUT2D eigenvalue weighted by Gasteiger charge is -2.26. The van der Waals surface area contributed by atoms with Crippen LogP contribution in [0.1, 0.15) is 5.56 Å². The van der Waals surface area contributed by atoms with Crippen molar-refractivity contribution in [3.8, 4) is 0 Å². The second-order valence-corrected chi connectivity index (χ2v) is 5.93. The van der Waals surface area contributed by atoms with Crippen LogP contribution in [0.4, 0.5) is 0 Å². The molecule has 1 aromatic carbocycles. The molecule has 0 aromatic heterocycles. The molecule has 1 aliphatic heterocycles. The molecule has 1 nitrogen and oxygen atoms in total. The van der Waals surface area contributed by atoms with Crippen molar-refractivity contribution < 1.29 is 5.11 Å². The molecule has 1 aliphatic rings. The normalized spacial score (nSPS) is 27.5. The maximum atomic E-state index is 9.77. The molecule has 0 aliphatic carbocycles. The molecule has 0 saturated carbocycles. The van der Waals surface area contributed by atoms with Crippen molar-refractivity contribution in [1.29, 1.82) is 0 Å². The van der Waals surface area contributed by atoms with E-state index < -0.39 is 0 Å². The Balaban J connectivity index is 1.96. The van der Waals surface area contributed by atoms with Gasteiger partial charge in [0.2, 0.25) is 0 Å². The molecule has 0 amide bonds. The van der Waals surface area contributed by atoms with Crippen molar-refractivity contribution in [3.63, 3.8) is 0 Å². The van der Waals surface area contributed by atoms with Crippen molar-refractivity contribution >= 4 is 23.5 Å². The number of hydrogen-bond donors (Lipinski definition) is 1. The van der Waals surface area contributed by atoms with Gasteiger partial charge in [0.1, 0.15) is 5.44 Å². The summed E-state index contributed by atoms with van der Waals surface area (Å²) in [6.45, 7) is 0. The summed E-state index contributed by atoms with van der Waals surface area (Å²) in [7, 11) is 0. The summed E-state index contributed by atoms with van der Waals surface area (Å²) in [5.74, 6) is 2.25. The van der Waals surface area contributed by atoms with Gasteiger partial charge >= 0.3 is 0 Å². The fraction of sp³-hybridized carbons (Fsp3) is 0.455. The topological polar surface area (TPSA) is 20.2 Å². The van der Waals surface area contributed by atoms with Crippen LogP contribution in [0.25, 0.3) is 0 Å². The first-order valence-electron chi connectivity index (χ1n) is 4.81. The first-order valence-corrected chi connectivity index (χ1v) is 6.91. The monoisotopic (exact) mass is 226 g/mol. The molecular formula is C11H14OS2. The van der Waals surface area contributed by atoms with Gasteiger partial charge in [0.15, 0.2) is 0 Å². The Hall–Kier alpha value is -0.120. The third-order valence-corrected chi connectivity index (χ3v) is 5.13. The van der Waals surface area contributed by atoms with E-state index in [0.717, 1.165) is 12.2 Å². The molecule has 1 heterocycles. The molecule has 1 aromatic rings. The van der Waals surface area contributed by atoms with Crippen molar-refractivity contribution in [2.45, 2.75) is 17.1 Å². The molecule has 76 valence electrons. The molecular weight excluding hydrogens is 212 g/mol. The lowest BCUT2D eigenvalue weighted by molar-refractivity contribution is 0.258. The molecule has 0 radical (unpaired) electrons. The summed E-state index contributed by atoms with van der Waals surface area (Å²) in [4.78, 5) is 0. The van der Waals surface area contributed by atoms with Gasteiger partial charge < -0.3 is 5.11 Å². The minimum Gasteiger partial charge on any atom is -0.381 e. The van der Waals surface area contributed by atoms with E-state index in [9.17, 15) is 5.11 Å². The Labute approximate surface area is 93.3 Å². The van der Waals surface area contributed by atoms with Gasteiger partial charge in [0.05, 0.1) is 0 Å². The molecule has 1 fully saturated rings. The number of hydrogen-bond acceptors (Lipinski definition) is 3. The number of aliphatic hydroxyl groups is 1. The molecule has 2 atom stereocenters. The van der Waals surface area contributed by atoms with Crippen LogP contribution in [-0.4, -0.2) is 27.3 Å². The van der Waals surface area contributed by atoms with Crippen LogP contribution in [0.2, 0.25) is 0 Å². The number of benzene rings is 1. The van der Waals surface area contributed by atoms with E-state index in [1.807, 2.05) is 17.8 Å². The zero-order valence-corrected chi connectivity index (χ0v) is 9.56. The maximum Gasteiger partial charge on any atom is 0.111 e. The Bertz CT molecular complexity index is 276. The molecule has 0 bridgehead atoms. The summed E-state index contributed by atoms with van der Waals surface area (Å²) in [5, 5.41) is 10.1. The molecule has 1 N–H and O–H groups in total. The third kappa shape index (κ3) is 2.69. The Morgan fingerprint density at radius 3 is 2.57 bits per heavy atom. The van der Waals surface area contributed by atoms with E-state index >= 15 is 0 Å². The van der Waals surface area contributed by atoms with Crippen LogP contribution in [0, 0.1) is 0 Å². The van der Waals surface area contributed by atoms with Gasteiger partial charge in [-0.1, -0.05) is 30.3 Å². The SMILES string of the molecule is O[C@H]1SCCS[C@H]1Cc1ccccc1. The van der Waals surface area contributed by atoms with Gasteiger partial charge in [-0.15, -0.1) is 11.8 Å². The van der Waals surface area contributed by atoms with E-state index in [-0.39, 0.29) is 5.44 Å². The van der Waals surface area contributed by atoms with Crippen LogP contribution in [0.15, 0.2) is 30.3 Å². The summed E-state index contributed by atoms with van der Waals surface area (Å²) in [6.07, 6.45) is 0.986. The van der Waals surface area contributed by atoms with Crippen LogP contribution in [0.5, 0.6) is 0 Å². The lowest BCUT2D eigenvalue weighted by atomic mass is 10.1. The average molecular weight is 226 g/mol. The Kier molecular flexibility index (Phi) is 3.79. The maximum absolute atomic E-state index is 9.77. The second kappa shape index (κ2) is 5.10. The van der Waals surface area contributed by atoms with Crippen molar-refractivity contribution in [1.82, 2.24) is 0 Å². The van der Waals surface area contributed by atoms with Crippen molar-refractivity contribution in [2.24, 2.45) is 0 Å². The second-order valence-electron chi connectivity index (χ2n) is 3.36. The summed E-state index contributed by atoms with van der Waals surface area (Å²) >= 11 is 3.58. The minimum absolute atomic E-state index is 0.186. The van der Waals surface area contributed by atoms with Crippen molar-refractivity contribution in [3.05, 3.63) is 35.9 Å². The molecule has 0 unspecified atom stereocenters. The summed E-state index contributed by atoms with van der Waals surface area (Å²) in [5.41, 5.74) is 1.14. The number of aliphatic hydroxyl groups excluding tert-OH is 1. The van der Waals surface area contributed by atoms with Gasteiger partial charge in [0.25, 0.3) is 0 Å². The Morgan fingerprint density at radius 1 is 1.14 bits per heavy atom. The third-order valence-electron chi connectivity index (χ3n) is 2.30. The number of thioether (sulfide) groups is 2. The van der Waals surface area contributed by atoms with E-state index in [4.69, 9.17) is 0 Å². The first-order chi connectivity index (χ1) is 6.86. The van der Waals surface area contributed by atoms with Crippen LogP contribution < -0.4 is 0 Å². The highest BCUT2D eigenvalue weighted by Crippen LogP contribution is 2.31. The van der Waals surface area contributed by atoms with Crippen LogP contribution in [0.3, 0.4) is 0 Å². The van der Waals surface area contributed by atoms with Gasteiger partial charge in [-0.05, 0) is 12.0 Å². The minimum atomic E-state index is -0.186. The zero-order chi connectivity index (χ0) is 9.80. The van der Waals surface area contributed by atoms with Crippen LogP contribution >= 0.6 is 23.5 Å². The van der Waals surface area contributed by atoms with E-state index in [2.05, 4.69) is 24.3 Å². The smallest absolute Gasteiger partial charge is 0.111 e. The first kappa shape index (κ1) is 10.4. The zero-order valence-electron chi connectivity index (χ0n) is 7.93. The Morgan fingerprint density at radius 2 is 1.86 bits per heavy atom. The summed E-state index contributed by atoms with van der Waals surface area (Å²) < 4.78 is 0. The molecule has 2 rings (SSSR count). The quantitative estimate of drug-likeness (QED) is 0.836.